The second kappa shape index (κ2) is 6.81. The summed E-state index contributed by atoms with van der Waals surface area (Å²) in [6.07, 6.45) is 6.61. The smallest absolute Gasteiger partial charge is 0.0312 e. The molecule has 120 valence electrons. The van der Waals surface area contributed by atoms with Gasteiger partial charge in [-0.25, -0.2) is 0 Å². The van der Waals surface area contributed by atoms with Crippen LogP contribution < -0.4 is 0 Å². The molecule has 3 saturated heterocycles. The van der Waals surface area contributed by atoms with Gasteiger partial charge in [0.2, 0.25) is 0 Å². The van der Waals surface area contributed by atoms with Crippen molar-refractivity contribution in [2.24, 2.45) is 5.92 Å². The Morgan fingerprint density at radius 1 is 0.870 bits per heavy atom. The monoisotopic (exact) mass is 307 g/mol. The maximum atomic E-state index is 4.27. The zero-order chi connectivity index (χ0) is 15.5. The molecule has 3 aliphatic rings. The van der Waals surface area contributed by atoms with Gasteiger partial charge in [0.05, 0.1) is 0 Å². The van der Waals surface area contributed by atoms with E-state index in [-0.39, 0.29) is 0 Å². The van der Waals surface area contributed by atoms with Crippen LogP contribution in [0.3, 0.4) is 0 Å². The fraction of sp³-hybridized carbons (Fsp3) is 0.450. The number of rotatable bonds is 4. The minimum Gasteiger partial charge on any atom is -0.297 e. The van der Waals surface area contributed by atoms with Gasteiger partial charge >= 0.3 is 0 Å². The lowest BCUT2D eigenvalue weighted by Crippen LogP contribution is -2.43. The first kappa shape index (κ1) is 14.9. The third kappa shape index (κ3) is 3.62. The van der Waals surface area contributed by atoms with Crippen LogP contribution in [0.2, 0.25) is 0 Å². The summed E-state index contributed by atoms with van der Waals surface area (Å²) in [5.41, 5.74) is 2.78. The van der Waals surface area contributed by atoms with E-state index in [1.54, 1.807) is 0 Å². The zero-order valence-corrected chi connectivity index (χ0v) is 13.6. The van der Waals surface area contributed by atoms with E-state index in [0.717, 1.165) is 19.0 Å². The second-order valence-electron chi connectivity index (χ2n) is 7.07. The van der Waals surface area contributed by atoms with Crippen molar-refractivity contribution >= 4 is 0 Å². The van der Waals surface area contributed by atoms with Gasteiger partial charge in [0.15, 0.2) is 0 Å². The minimum absolute atomic E-state index is 0.692. The van der Waals surface area contributed by atoms with Crippen molar-refractivity contribution in [2.75, 3.05) is 19.6 Å². The van der Waals surface area contributed by atoms with Gasteiger partial charge in [-0.15, -0.1) is 0 Å². The third-order valence-electron chi connectivity index (χ3n) is 5.26. The maximum Gasteiger partial charge on any atom is 0.0312 e. The van der Waals surface area contributed by atoms with Crippen LogP contribution in [0.5, 0.6) is 0 Å². The van der Waals surface area contributed by atoms with Crippen molar-refractivity contribution in [1.82, 2.24) is 14.8 Å². The van der Waals surface area contributed by atoms with Crippen molar-refractivity contribution in [3.8, 4) is 0 Å². The average Bonchev–Trinajstić information content (AvgIpc) is 2.87. The molecule has 23 heavy (non-hydrogen) atoms. The predicted molar refractivity (Wildman–Crippen MR) is 92.9 cm³/mol. The van der Waals surface area contributed by atoms with E-state index in [9.17, 15) is 0 Å². The minimum atomic E-state index is 0.692. The molecule has 3 fully saturated rings. The van der Waals surface area contributed by atoms with E-state index in [1.165, 1.54) is 43.6 Å². The third-order valence-corrected chi connectivity index (χ3v) is 5.26. The molecule has 3 aliphatic heterocycles. The molecule has 0 unspecified atom stereocenters. The molecule has 2 atom stereocenters. The largest absolute Gasteiger partial charge is 0.297 e. The molecule has 5 rings (SSSR count). The van der Waals surface area contributed by atoms with E-state index in [2.05, 4.69) is 51.2 Å². The number of piperidine rings is 1. The normalized spacial score (nSPS) is 25.4. The number of aromatic nitrogens is 1. The Morgan fingerprint density at radius 2 is 1.74 bits per heavy atom. The first-order valence-corrected chi connectivity index (χ1v) is 8.76. The highest BCUT2D eigenvalue weighted by atomic mass is 15.3. The molecule has 3 heteroatoms. The van der Waals surface area contributed by atoms with E-state index >= 15 is 0 Å². The fourth-order valence-electron chi connectivity index (χ4n) is 4.17. The summed E-state index contributed by atoms with van der Waals surface area (Å²) >= 11 is 0. The van der Waals surface area contributed by atoms with Crippen LogP contribution in [0.15, 0.2) is 54.9 Å². The van der Waals surface area contributed by atoms with E-state index in [0.29, 0.717) is 6.04 Å². The average molecular weight is 307 g/mol. The highest BCUT2D eigenvalue weighted by Gasteiger charge is 2.34. The fourth-order valence-corrected chi connectivity index (χ4v) is 4.17. The Kier molecular flexibility index (Phi) is 4.40. The quantitative estimate of drug-likeness (QED) is 0.865. The van der Waals surface area contributed by atoms with Crippen LogP contribution in [0, 0.1) is 5.92 Å². The van der Waals surface area contributed by atoms with Gasteiger partial charge in [-0.1, -0.05) is 36.4 Å². The number of hydrogen-bond donors (Lipinski definition) is 0. The summed E-state index contributed by atoms with van der Waals surface area (Å²) in [6, 6.07) is 15.8. The summed E-state index contributed by atoms with van der Waals surface area (Å²) in [5.74, 6) is 0.814. The first-order valence-electron chi connectivity index (χ1n) is 8.76. The Balaban J connectivity index is 1.44. The lowest BCUT2D eigenvalue weighted by molar-refractivity contribution is 0.123. The molecule has 2 aromatic rings. The van der Waals surface area contributed by atoms with E-state index in [1.807, 2.05) is 18.5 Å². The molecule has 0 spiro atoms. The van der Waals surface area contributed by atoms with Gasteiger partial charge in [-0.3, -0.25) is 14.8 Å². The Hall–Kier alpha value is -1.71. The number of hydrogen-bond acceptors (Lipinski definition) is 3. The van der Waals surface area contributed by atoms with Gasteiger partial charge in [0.1, 0.15) is 0 Å². The standard InChI is InChI=1S/C20H25N3/c1-2-5-17(6-3-1)12-22-13-19-8-9-20(16-22)23(15-19)14-18-7-4-10-21-11-18/h1-7,10-11,19-20H,8-9,12-16H2/t19-,20+/m1/s1. The molecule has 0 N–H and O–H groups in total. The van der Waals surface area contributed by atoms with Crippen LogP contribution in [0.1, 0.15) is 24.0 Å². The summed E-state index contributed by atoms with van der Waals surface area (Å²) < 4.78 is 0. The molecule has 0 saturated carbocycles. The van der Waals surface area contributed by atoms with Crippen LogP contribution >= 0.6 is 0 Å². The van der Waals surface area contributed by atoms with Gasteiger partial charge in [-0.05, 0) is 36.0 Å². The van der Waals surface area contributed by atoms with Crippen LogP contribution in [-0.4, -0.2) is 40.5 Å². The van der Waals surface area contributed by atoms with Gasteiger partial charge in [0.25, 0.3) is 0 Å². The van der Waals surface area contributed by atoms with Crippen molar-refractivity contribution in [3.05, 3.63) is 66.0 Å². The van der Waals surface area contributed by atoms with Crippen molar-refractivity contribution < 1.29 is 0 Å². The molecule has 4 heterocycles. The molecule has 0 aliphatic carbocycles. The van der Waals surface area contributed by atoms with E-state index < -0.39 is 0 Å². The van der Waals surface area contributed by atoms with Gasteiger partial charge < -0.3 is 0 Å². The summed E-state index contributed by atoms with van der Waals surface area (Å²) in [5, 5.41) is 0. The Bertz CT molecular complexity index is 611. The SMILES string of the molecule is c1ccc(CN2C[C@H]3CC[C@@H](C2)N(Cc2cccnc2)C3)cc1. The molecule has 0 amide bonds. The molecule has 0 radical (unpaired) electrons. The van der Waals surface area contributed by atoms with Crippen molar-refractivity contribution in [2.45, 2.75) is 32.0 Å². The lowest BCUT2D eigenvalue weighted by atomic mass is 9.94. The molecular formula is C20H25N3. The molecule has 1 aromatic heterocycles. The number of pyridine rings is 1. The van der Waals surface area contributed by atoms with Gasteiger partial charge in [-0.2, -0.15) is 0 Å². The first-order chi connectivity index (χ1) is 11.4. The highest BCUT2D eigenvalue weighted by molar-refractivity contribution is 5.15. The zero-order valence-electron chi connectivity index (χ0n) is 13.6. The summed E-state index contributed by atoms with van der Waals surface area (Å²) in [4.78, 5) is 9.63. The van der Waals surface area contributed by atoms with Crippen LogP contribution in [-0.2, 0) is 13.1 Å². The highest BCUT2D eigenvalue weighted by Crippen LogP contribution is 2.29. The number of fused-ring (bicyclic) bond motifs is 4. The summed E-state index contributed by atoms with van der Waals surface area (Å²) in [7, 11) is 0. The second-order valence-corrected chi connectivity index (χ2v) is 7.07. The van der Waals surface area contributed by atoms with E-state index in [4.69, 9.17) is 0 Å². The van der Waals surface area contributed by atoms with Crippen LogP contribution in [0.25, 0.3) is 0 Å². The number of nitrogens with zero attached hydrogens (tertiary/aromatic N) is 3. The lowest BCUT2D eigenvalue weighted by Gasteiger charge is -2.36. The van der Waals surface area contributed by atoms with Crippen molar-refractivity contribution in [1.29, 1.82) is 0 Å². The maximum absolute atomic E-state index is 4.27. The Morgan fingerprint density at radius 3 is 2.57 bits per heavy atom. The topological polar surface area (TPSA) is 19.4 Å². The predicted octanol–water partition coefficient (Wildman–Crippen LogP) is 3.18. The number of benzene rings is 1. The molecule has 1 aromatic carbocycles. The Labute approximate surface area is 139 Å². The molecule has 2 bridgehead atoms. The van der Waals surface area contributed by atoms with Gasteiger partial charge in [0, 0.05) is 51.2 Å². The summed E-state index contributed by atoms with van der Waals surface area (Å²) in [6.45, 7) is 5.83. The van der Waals surface area contributed by atoms with Crippen LogP contribution in [0.4, 0.5) is 0 Å². The molecule has 3 nitrogen and oxygen atoms in total. The van der Waals surface area contributed by atoms with Crippen molar-refractivity contribution in [3.63, 3.8) is 0 Å². The molecular weight excluding hydrogens is 282 g/mol.